The first kappa shape index (κ1) is 21.3. The average molecular weight is 507 g/mol. The van der Waals surface area contributed by atoms with Gasteiger partial charge in [0, 0.05) is 5.69 Å². The molecule has 0 aliphatic rings. The fourth-order valence-electron chi connectivity index (χ4n) is 2.01. The van der Waals surface area contributed by atoms with Gasteiger partial charge >= 0.3 is 6.18 Å². The number of benzene rings is 1. The predicted molar refractivity (Wildman–Crippen MR) is 105 cm³/mol. The summed E-state index contributed by atoms with van der Waals surface area (Å²) in [6, 6.07) is 7.40. The lowest BCUT2D eigenvalue weighted by Crippen LogP contribution is -2.15. The van der Waals surface area contributed by atoms with Crippen LogP contribution in [0.2, 0.25) is 0 Å². The van der Waals surface area contributed by atoms with Gasteiger partial charge in [-0.05, 0) is 46.3 Å². The second-order valence-electron chi connectivity index (χ2n) is 5.35. The van der Waals surface area contributed by atoms with E-state index in [4.69, 9.17) is 4.42 Å². The number of thioether (sulfide) groups is 1. The van der Waals surface area contributed by atoms with Crippen molar-refractivity contribution < 1.29 is 27.2 Å². The molecule has 29 heavy (non-hydrogen) atoms. The summed E-state index contributed by atoms with van der Waals surface area (Å²) in [5.74, 6) is -1.02. The third-order valence-electron chi connectivity index (χ3n) is 3.22. The fourth-order valence-corrected chi connectivity index (χ4v) is 3.86. The van der Waals surface area contributed by atoms with Gasteiger partial charge in [-0.3, -0.25) is 14.9 Å². The molecule has 0 saturated carbocycles. The van der Waals surface area contributed by atoms with Crippen LogP contribution in [0.5, 0.6) is 0 Å². The van der Waals surface area contributed by atoms with Crippen LogP contribution in [0.3, 0.4) is 0 Å². The Morgan fingerprint density at radius 2 is 1.97 bits per heavy atom. The van der Waals surface area contributed by atoms with Gasteiger partial charge in [-0.1, -0.05) is 29.2 Å². The number of amides is 2. The van der Waals surface area contributed by atoms with E-state index in [0.717, 1.165) is 35.2 Å². The largest absolute Gasteiger partial charge is 0.444 e. The van der Waals surface area contributed by atoms with E-state index < -0.39 is 23.6 Å². The number of anilines is 2. The molecule has 0 saturated heterocycles. The molecule has 2 N–H and O–H groups in total. The maximum atomic E-state index is 12.7. The number of carbonyl (C=O) groups excluding carboxylic acids is 2. The van der Waals surface area contributed by atoms with Gasteiger partial charge in [0.25, 0.3) is 5.91 Å². The Morgan fingerprint density at radius 1 is 1.17 bits per heavy atom. The number of carbonyl (C=O) groups is 2. The molecule has 2 heterocycles. The summed E-state index contributed by atoms with van der Waals surface area (Å²) in [6.07, 6.45) is -4.49. The molecule has 2 aromatic heterocycles. The normalized spacial score (nSPS) is 11.3. The smallest absolute Gasteiger partial charge is 0.416 e. The molecule has 1 aromatic carbocycles. The van der Waals surface area contributed by atoms with Crippen molar-refractivity contribution in [1.82, 2.24) is 10.2 Å². The van der Waals surface area contributed by atoms with Crippen molar-refractivity contribution in [3.63, 3.8) is 0 Å². The molecule has 0 radical (unpaired) electrons. The van der Waals surface area contributed by atoms with Crippen molar-refractivity contribution >= 4 is 61.7 Å². The van der Waals surface area contributed by atoms with Crippen LogP contribution in [0.1, 0.15) is 16.1 Å². The van der Waals surface area contributed by atoms with E-state index >= 15 is 0 Å². The maximum absolute atomic E-state index is 12.7. The summed E-state index contributed by atoms with van der Waals surface area (Å²) in [7, 11) is 0. The first-order chi connectivity index (χ1) is 13.7. The summed E-state index contributed by atoms with van der Waals surface area (Å²) in [5, 5.41) is 12.8. The molecule has 0 aliphatic heterocycles. The number of rotatable bonds is 6. The first-order valence-corrected chi connectivity index (χ1v) is 10.3. The molecule has 2 amide bonds. The standard InChI is InChI=1S/C16H10BrF3N4O3S2/c17-11-5-4-10(27-11)13(26)22-14-23-24-15(29-14)28-7-12(25)21-9-3-1-2-8(6-9)16(18,19)20/h1-6H,7H2,(H,21,25)(H,22,23,26). The molecule has 0 fully saturated rings. The van der Waals surface area contributed by atoms with Gasteiger partial charge in [0.15, 0.2) is 14.8 Å². The Balaban J connectivity index is 1.52. The van der Waals surface area contributed by atoms with Crippen molar-refractivity contribution in [1.29, 1.82) is 0 Å². The molecular weight excluding hydrogens is 497 g/mol. The van der Waals surface area contributed by atoms with Crippen LogP contribution in [-0.4, -0.2) is 27.8 Å². The van der Waals surface area contributed by atoms with E-state index in [1.807, 2.05) is 0 Å². The summed E-state index contributed by atoms with van der Waals surface area (Å²) in [6.45, 7) is 0. The molecule has 3 aromatic rings. The minimum absolute atomic E-state index is 0.0419. The predicted octanol–water partition coefficient (Wildman–Crippen LogP) is 4.90. The number of nitrogens with one attached hydrogen (secondary N) is 2. The molecular formula is C16H10BrF3N4O3S2. The highest BCUT2D eigenvalue weighted by molar-refractivity contribution is 9.10. The van der Waals surface area contributed by atoms with Gasteiger partial charge in [-0.25, -0.2) is 0 Å². The van der Waals surface area contributed by atoms with E-state index in [0.29, 0.717) is 9.01 Å². The lowest BCUT2D eigenvalue weighted by Gasteiger charge is -2.09. The Kier molecular flexibility index (Phi) is 6.59. The lowest BCUT2D eigenvalue weighted by molar-refractivity contribution is -0.137. The molecule has 0 bridgehead atoms. The molecule has 7 nitrogen and oxygen atoms in total. The zero-order valence-electron chi connectivity index (χ0n) is 14.1. The van der Waals surface area contributed by atoms with Crippen LogP contribution < -0.4 is 10.6 Å². The molecule has 0 atom stereocenters. The minimum atomic E-state index is -4.49. The molecule has 0 aliphatic carbocycles. The number of hydrogen-bond donors (Lipinski definition) is 2. The topological polar surface area (TPSA) is 97.1 Å². The molecule has 13 heteroatoms. The number of furan rings is 1. The maximum Gasteiger partial charge on any atom is 0.416 e. The molecule has 0 spiro atoms. The zero-order chi connectivity index (χ0) is 21.0. The van der Waals surface area contributed by atoms with Crippen molar-refractivity contribution in [3.8, 4) is 0 Å². The fraction of sp³-hybridized carbons (Fsp3) is 0.125. The quantitative estimate of drug-likeness (QED) is 0.364. The second-order valence-corrected chi connectivity index (χ2v) is 8.33. The van der Waals surface area contributed by atoms with Crippen molar-refractivity contribution in [2.75, 3.05) is 16.4 Å². The van der Waals surface area contributed by atoms with Crippen LogP contribution >= 0.6 is 39.0 Å². The van der Waals surface area contributed by atoms with E-state index in [9.17, 15) is 22.8 Å². The molecule has 3 rings (SSSR count). The summed E-state index contributed by atoms with van der Waals surface area (Å²) >= 11 is 5.17. The molecule has 0 unspecified atom stereocenters. The summed E-state index contributed by atoms with van der Waals surface area (Å²) < 4.78 is 44.1. The average Bonchev–Trinajstić information content (AvgIpc) is 3.28. The SMILES string of the molecule is O=C(CSc1nnc(NC(=O)c2ccc(Br)o2)s1)Nc1cccc(C(F)(F)F)c1. The van der Waals surface area contributed by atoms with Crippen molar-refractivity contribution in [3.05, 3.63) is 52.4 Å². The Bertz CT molecular complexity index is 1040. The van der Waals surface area contributed by atoms with Crippen molar-refractivity contribution in [2.45, 2.75) is 10.5 Å². The third-order valence-corrected chi connectivity index (χ3v) is 5.62. The summed E-state index contributed by atoms with van der Waals surface area (Å²) in [4.78, 5) is 23.9. The number of aromatic nitrogens is 2. The Labute approximate surface area is 178 Å². The summed E-state index contributed by atoms with van der Waals surface area (Å²) in [5.41, 5.74) is -0.809. The number of hydrogen-bond acceptors (Lipinski definition) is 7. The van der Waals surface area contributed by atoms with Gasteiger partial charge < -0.3 is 9.73 Å². The van der Waals surface area contributed by atoms with E-state index in [2.05, 4.69) is 36.8 Å². The van der Waals surface area contributed by atoms with Crippen LogP contribution in [0, 0.1) is 0 Å². The second kappa shape index (κ2) is 8.97. The number of alkyl halides is 3. The monoisotopic (exact) mass is 506 g/mol. The van der Waals surface area contributed by atoms with Crippen LogP contribution in [0.4, 0.5) is 24.0 Å². The van der Waals surface area contributed by atoms with Crippen LogP contribution in [-0.2, 0) is 11.0 Å². The Morgan fingerprint density at radius 3 is 2.66 bits per heavy atom. The minimum Gasteiger partial charge on any atom is -0.444 e. The van der Waals surface area contributed by atoms with E-state index in [1.165, 1.54) is 18.2 Å². The molecule has 152 valence electrons. The van der Waals surface area contributed by atoms with Crippen molar-refractivity contribution in [2.24, 2.45) is 0 Å². The Hall–Kier alpha value is -2.38. The first-order valence-electron chi connectivity index (χ1n) is 7.71. The number of halogens is 4. The highest BCUT2D eigenvalue weighted by Gasteiger charge is 2.30. The van der Waals surface area contributed by atoms with Gasteiger partial charge in [0.05, 0.1) is 11.3 Å². The van der Waals surface area contributed by atoms with Gasteiger partial charge in [0.1, 0.15) is 0 Å². The highest BCUT2D eigenvalue weighted by atomic mass is 79.9. The van der Waals surface area contributed by atoms with E-state index in [1.54, 1.807) is 6.07 Å². The van der Waals surface area contributed by atoms with E-state index in [-0.39, 0.29) is 22.3 Å². The lowest BCUT2D eigenvalue weighted by atomic mass is 10.2. The van der Waals surface area contributed by atoms with Crippen LogP contribution in [0.25, 0.3) is 0 Å². The van der Waals surface area contributed by atoms with Crippen LogP contribution in [0.15, 0.2) is 49.8 Å². The zero-order valence-corrected chi connectivity index (χ0v) is 17.3. The number of nitrogens with zero attached hydrogens (tertiary/aromatic N) is 2. The van der Waals surface area contributed by atoms with Gasteiger partial charge in [0.2, 0.25) is 11.0 Å². The van der Waals surface area contributed by atoms with Gasteiger partial charge in [-0.2, -0.15) is 13.2 Å². The highest BCUT2D eigenvalue weighted by Crippen LogP contribution is 2.31. The third kappa shape index (κ3) is 6.05. The van der Waals surface area contributed by atoms with Gasteiger partial charge in [-0.15, -0.1) is 10.2 Å².